The molecule has 0 aliphatic rings. The SMILES string of the molecule is COc1ccc(CC(C)N)c(OC(C)C)c1. The summed E-state index contributed by atoms with van der Waals surface area (Å²) >= 11 is 0. The zero-order valence-electron chi connectivity index (χ0n) is 10.5. The van der Waals surface area contributed by atoms with Crippen molar-refractivity contribution in [2.75, 3.05) is 7.11 Å². The van der Waals surface area contributed by atoms with E-state index in [-0.39, 0.29) is 12.1 Å². The molecule has 0 heterocycles. The highest BCUT2D eigenvalue weighted by atomic mass is 16.5. The van der Waals surface area contributed by atoms with Crippen molar-refractivity contribution in [2.45, 2.75) is 39.3 Å². The van der Waals surface area contributed by atoms with Crippen molar-refractivity contribution in [2.24, 2.45) is 5.73 Å². The minimum absolute atomic E-state index is 0.128. The van der Waals surface area contributed by atoms with Gasteiger partial charge in [-0.3, -0.25) is 0 Å². The molecule has 0 fully saturated rings. The first kappa shape index (κ1) is 12.8. The van der Waals surface area contributed by atoms with Crippen LogP contribution in [0.5, 0.6) is 11.5 Å². The van der Waals surface area contributed by atoms with E-state index in [2.05, 4.69) is 0 Å². The Kier molecular flexibility index (Phi) is 4.62. The maximum absolute atomic E-state index is 5.81. The first-order chi connectivity index (χ1) is 7.52. The minimum atomic E-state index is 0.128. The molecule has 0 aromatic heterocycles. The molecule has 1 aromatic carbocycles. The van der Waals surface area contributed by atoms with Crippen LogP contribution in [0.2, 0.25) is 0 Å². The smallest absolute Gasteiger partial charge is 0.126 e. The molecule has 0 saturated heterocycles. The maximum Gasteiger partial charge on any atom is 0.126 e. The molecule has 0 aliphatic heterocycles. The lowest BCUT2D eigenvalue weighted by Gasteiger charge is -2.16. The number of hydrogen-bond donors (Lipinski definition) is 1. The van der Waals surface area contributed by atoms with Crippen LogP contribution in [0.1, 0.15) is 26.3 Å². The molecule has 0 radical (unpaired) electrons. The van der Waals surface area contributed by atoms with Crippen molar-refractivity contribution in [3.63, 3.8) is 0 Å². The Labute approximate surface area is 97.6 Å². The predicted octanol–water partition coefficient (Wildman–Crippen LogP) is 2.37. The molecule has 3 nitrogen and oxygen atoms in total. The van der Waals surface area contributed by atoms with Gasteiger partial charge in [0.1, 0.15) is 11.5 Å². The van der Waals surface area contributed by atoms with Crippen LogP contribution in [0.4, 0.5) is 0 Å². The van der Waals surface area contributed by atoms with E-state index in [1.54, 1.807) is 7.11 Å². The largest absolute Gasteiger partial charge is 0.497 e. The van der Waals surface area contributed by atoms with E-state index in [0.29, 0.717) is 0 Å². The predicted molar refractivity (Wildman–Crippen MR) is 66.1 cm³/mol. The van der Waals surface area contributed by atoms with Crippen molar-refractivity contribution in [1.29, 1.82) is 0 Å². The summed E-state index contributed by atoms with van der Waals surface area (Å²) in [6.07, 6.45) is 0.963. The zero-order chi connectivity index (χ0) is 12.1. The van der Waals surface area contributed by atoms with Gasteiger partial charge >= 0.3 is 0 Å². The zero-order valence-corrected chi connectivity index (χ0v) is 10.5. The highest BCUT2D eigenvalue weighted by molar-refractivity contribution is 5.41. The van der Waals surface area contributed by atoms with E-state index < -0.39 is 0 Å². The molecular weight excluding hydrogens is 202 g/mol. The van der Waals surface area contributed by atoms with Crippen molar-refractivity contribution in [1.82, 2.24) is 0 Å². The van der Waals surface area contributed by atoms with Gasteiger partial charge in [-0.05, 0) is 38.8 Å². The van der Waals surface area contributed by atoms with Crippen LogP contribution in [-0.2, 0) is 6.42 Å². The average Bonchev–Trinajstić information content (AvgIpc) is 2.19. The van der Waals surface area contributed by atoms with Crippen LogP contribution in [0, 0.1) is 0 Å². The molecule has 90 valence electrons. The summed E-state index contributed by atoms with van der Waals surface area (Å²) in [6, 6.07) is 5.99. The maximum atomic E-state index is 5.81. The van der Waals surface area contributed by atoms with Crippen LogP contribution >= 0.6 is 0 Å². The molecule has 3 heteroatoms. The van der Waals surface area contributed by atoms with Crippen LogP contribution in [0.15, 0.2) is 18.2 Å². The van der Waals surface area contributed by atoms with Gasteiger partial charge < -0.3 is 15.2 Å². The number of nitrogens with two attached hydrogens (primary N) is 1. The molecule has 1 rings (SSSR count). The van der Waals surface area contributed by atoms with Crippen LogP contribution in [0.25, 0.3) is 0 Å². The summed E-state index contributed by atoms with van der Waals surface area (Å²) in [5, 5.41) is 0. The van der Waals surface area contributed by atoms with E-state index >= 15 is 0 Å². The Balaban J connectivity index is 2.96. The second kappa shape index (κ2) is 5.75. The Bertz CT molecular complexity index is 335. The minimum Gasteiger partial charge on any atom is -0.497 e. The molecular formula is C13H21NO2. The number of methoxy groups -OCH3 is 1. The molecule has 1 unspecified atom stereocenters. The second-order valence-electron chi connectivity index (χ2n) is 4.32. The summed E-state index contributed by atoms with van der Waals surface area (Å²) in [7, 11) is 1.65. The summed E-state index contributed by atoms with van der Waals surface area (Å²) in [5.41, 5.74) is 6.94. The van der Waals surface area contributed by atoms with E-state index in [1.807, 2.05) is 39.0 Å². The highest BCUT2D eigenvalue weighted by Crippen LogP contribution is 2.26. The molecule has 0 aliphatic carbocycles. The van der Waals surface area contributed by atoms with E-state index in [1.165, 1.54) is 0 Å². The number of hydrogen-bond acceptors (Lipinski definition) is 3. The lowest BCUT2D eigenvalue weighted by Crippen LogP contribution is -2.19. The Hall–Kier alpha value is -1.22. The first-order valence-electron chi connectivity index (χ1n) is 5.62. The molecule has 2 N–H and O–H groups in total. The Morgan fingerprint density at radius 3 is 2.44 bits per heavy atom. The lowest BCUT2D eigenvalue weighted by atomic mass is 10.1. The fourth-order valence-corrected chi connectivity index (χ4v) is 1.54. The third-order valence-corrected chi connectivity index (χ3v) is 2.18. The molecule has 0 saturated carbocycles. The first-order valence-corrected chi connectivity index (χ1v) is 5.62. The van der Waals surface area contributed by atoms with Gasteiger partial charge in [0.15, 0.2) is 0 Å². The number of ether oxygens (including phenoxy) is 2. The number of benzene rings is 1. The van der Waals surface area contributed by atoms with E-state index in [0.717, 1.165) is 23.5 Å². The molecule has 1 aromatic rings. The molecule has 1 atom stereocenters. The monoisotopic (exact) mass is 223 g/mol. The van der Waals surface area contributed by atoms with Crippen molar-refractivity contribution < 1.29 is 9.47 Å². The van der Waals surface area contributed by atoms with Crippen LogP contribution < -0.4 is 15.2 Å². The Morgan fingerprint density at radius 1 is 1.25 bits per heavy atom. The summed E-state index contributed by atoms with van der Waals surface area (Å²) < 4.78 is 10.9. The summed E-state index contributed by atoms with van der Waals surface area (Å²) in [5.74, 6) is 1.68. The fourth-order valence-electron chi connectivity index (χ4n) is 1.54. The molecule has 0 amide bonds. The van der Waals surface area contributed by atoms with Crippen molar-refractivity contribution >= 4 is 0 Å². The number of rotatable bonds is 5. The second-order valence-corrected chi connectivity index (χ2v) is 4.32. The summed E-state index contributed by atoms with van der Waals surface area (Å²) in [6.45, 7) is 6.01. The fraction of sp³-hybridized carbons (Fsp3) is 0.538. The van der Waals surface area contributed by atoms with E-state index in [9.17, 15) is 0 Å². The Morgan fingerprint density at radius 2 is 1.94 bits per heavy atom. The van der Waals surface area contributed by atoms with Gasteiger partial charge in [0.05, 0.1) is 13.2 Å². The van der Waals surface area contributed by atoms with Crippen molar-refractivity contribution in [3.8, 4) is 11.5 Å². The van der Waals surface area contributed by atoms with Gasteiger partial charge in [0, 0.05) is 12.1 Å². The van der Waals surface area contributed by atoms with Crippen molar-refractivity contribution in [3.05, 3.63) is 23.8 Å². The van der Waals surface area contributed by atoms with Gasteiger partial charge in [0.25, 0.3) is 0 Å². The standard InChI is InChI=1S/C13H21NO2/c1-9(2)16-13-8-12(15-4)6-5-11(13)7-10(3)14/h5-6,8-10H,7,14H2,1-4H3. The van der Waals surface area contributed by atoms with Crippen LogP contribution in [-0.4, -0.2) is 19.3 Å². The lowest BCUT2D eigenvalue weighted by molar-refractivity contribution is 0.238. The van der Waals surface area contributed by atoms with Crippen LogP contribution in [0.3, 0.4) is 0 Å². The third kappa shape index (κ3) is 3.74. The van der Waals surface area contributed by atoms with Gasteiger partial charge in [-0.15, -0.1) is 0 Å². The van der Waals surface area contributed by atoms with Gasteiger partial charge in [-0.2, -0.15) is 0 Å². The quantitative estimate of drug-likeness (QED) is 0.833. The molecule has 0 bridgehead atoms. The van der Waals surface area contributed by atoms with Gasteiger partial charge in [-0.25, -0.2) is 0 Å². The van der Waals surface area contributed by atoms with Gasteiger partial charge in [0.2, 0.25) is 0 Å². The highest BCUT2D eigenvalue weighted by Gasteiger charge is 2.09. The molecule has 16 heavy (non-hydrogen) atoms. The average molecular weight is 223 g/mol. The normalized spacial score (nSPS) is 12.6. The summed E-state index contributed by atoms with van der Waals surface area (Å²) in [4.78, 5) is 0. The topological polar surface area (TPSA) is 44.5 Å². The van der Waals surface area contributed by atoms with E-state index in [4.69, 9.17) is 15.2 Å². The third-order valence-electron chi connectivity index (χ3n) is 2.18. The van der Waals surface area contributed by atoms with Gasteiger partial charge in [-0.1, -0.05) is 6.07 Å². The molecule has 0 spiro atoms.